The smallest absolute Gasteiger partial charge is 0.131 e. The molecule has 0 radical (unpaired) electrons. The maximum absolute atomic E-state index is 14.2. The van der Waals surface area contributed by atoms with E-state index < -0.39 is 23.5 Å². The van der Waals surface area contributed by atoms with Gasteiger partial charge in [-0.3, -0.25) is 5.84 Å². The summed E-state index contributed by atoms with van der Waals surface area (Å²) in [7, 11) is 0. The summed E-state index contributed by atoms with van der Waals surface area (Å²) in [5.74, 6) is 3.50. The molecule has 0 fully saturated rings. The fraction of sp³-hybridized carbons (Fsp3) is 0.200. The van der Waals surface area contributed by atoms with Crippen LogP contribution in [-0.2, 0) is 0 Å². The molecule has 0 spiro atoms. The summed E-state index contributed by atoms with van der Waals surface area (Å²) in [5, 5.41) is 0. The molecule has 1 unspecified atom stereocenters. The van der Waals surface area contributed by atoms with Crippen molar-refractivity contribution in [2.75, 3.05) is 0 Å². The molecular formula is C15H15F3N2. The predicted molar refractivity (Wildman–Crippen MR) is 71.4 cm³/mol. The monoisotopic (exact) mass is 280 g/mol. The van der Waals surface area contributed by atoms with Gasteiger partial charge in [0.2, 0.25) is 0 Å². The maximum atomic E-state index is 14.2. The van der Waals surface area contributed by atoms with Crippen molar-refractivity contribution in [1.82, 2.24) is 5.43 Å². The van der Waals surface area contributed by atoms with Crippen LogP contribution in [0, 0.1) is 31.3 Å². The van der Waals surface area contributed by atoms with Crippen LogP contribution in [0.15, 0.2) is 30.3 Å². The van der Waals surface area contributed by atoms with Crippen molar-refractivity contribution in [3.8, 4) is 0 Å². The van der Waals surface area contributed by atoms with Gasteiger partial charge in [-0.25, -0.2) is 18.6 Å². The van der Waals surface area contributed by atoms with E-state index in [1.807, 2.05) is 0 Å². The summed E-state index contributed by atoms with van der Waals surface area (Å²) in [5.41, 5.74) is 4.15. The van der Waals surface area contributed by atoms with E-state index in [4.69, 9.17) is 5.84 Å². The van der Waals surface area contributed by atoms with Crippen molar-refractivity contribution < 1.29 is 13.2 Å². The molecule has 0 aliphatic rings. The highest BCUT2D eigenvalue weighted by Gasteiger charge is 2.22. The predicted octanol–water partition coefficient (Wildman–Crippen LogP) is 3.27. The molecule has 2 rings (SSSR count). The Labute approximate surface area is 115 Å². The quantitative estimate of drug-likeness (QED) is 0.669. The van der Waals surface area contributed by atoms with Crippen molar-refractivity contribution in [2.24, 2.45) is 5.84 Å². The highest BCUT2D eigenvalue weighted by Crippen LogP contribution is 2.29. The minimum Gasteiger partial charge on any atom is -0.271 e. The average Bonchev–Trinajstić information content (AvgIpc) is 2.34. The first kappa shape index (κ1) is 14.6. The molecule has 0 heterocycles. The van der Waals surface area contributed by atoms with E-state index >= 15 is 0 Å². The number of benzene rings is 2. The van der Waals surface area contributed by atoms with Gasteiger partial charge in [0.15, 0.2) is 0 Å². The number of hydrogen-bond donors (Lipinski definition) is 2. The van der Waals surface area contributed by atoms with Crippen molar-refractivity contribution in [2.45, 2.75) is 19.9 Å². The maximum Gasteiger partial charge on any atom is 0.131 e. The summed E-state index contributed by atoms with van der Waals surface area (Å²) in [6, 6.07) is 5.38. The summed E-state index contributed by atoms with van der Waals surface area (Å²) < 4.78 is 41.0. The standard InChI is InChI=1S/C15H15F3N2/c1-8-5-9(2)14(13(18)6-8)15(20-19)11-4-3-10(16)7-12(11)17/h3-7,15,20H,19H2,1-2H3. The molecule has 0 aliphatic carbocycles. The van der Waals surface area contributed by atoms with Gasteiger partial charge in [0.25, 0.3) is 0 Å². The summed E-state index contributed by atoms with van der Waals surface area (Å²) in [6.07, 6.45) is 0. The first-order valence-electron chi connectivity index (χ1n) is 6.11. The molecule has 0 saturated heterocycles. The molecule has 1 atom stereocenters. The average molecular weight is 280 g/mol. The van der Waals surface area contributed by atoms with Gasteiger partial charge in [-0.1, -0.05) is 12.1 Å². The van der Waals surface area contributed by atoms with Gasteiger partial charge in [-0.15, -0.1) is 0 Å². The summed E-state index contributed by atoms with van der Waals surface area (Å²) >= 11 is 0. The van der Waals surface area contributed by atoms with Crippen LogP contribution in [0.5, 0.6) is 0 Å². The number of nitrogens with one attached hydrogen (secondary N) is 1. The minimum atomic E-state index is -0.879. The molecule has 2 aromatic carbocycles. The fourth-order valence-corrected chi connectivity index (χ4v) is 2.36. The molecule has 3 N–H and O–H groups in total. The number of aryl methyl sites for hydroxylation is 2. The molecule has 5 heteroatoms. The lowest BCUT2D eigenvalue weighted by Gasteiger charge is -2.21. The highest BCUT2D eigenvalue weighted by molar-refractivity contribution is 5.40. The Hall–Kier alpha value is -1.85. The molecule has 0 amide bonds. The van der Waals surface area contributed by atoms with Gasteiger partial charge >= 0.3 is 0 Å². The summed E-state index contributed by atoms with van der Waals surface area (Å²) in [4.78, 5) is 0. The molecule has 106 valence electrons. The second-order valence-electron chi connectivity index (χ2n) is 4.74. The Kier molecular flexibility index (Phi) is 4.11. The third-order valence-corrected chi connectivity index (χ3v) is 3.21. The molecule has 0 aromatic heterocycles. The van der Waals surface area contributed by atoms with Crippen molar-refractivity contribution in [1.29, 1.82) is 0 Å². The fourth-order valence-electron chi connectivity index (χ4n) is 2.36. The molecule has 2 aromatic rings. The molecule has 0 bridgehead atoms. The number of nitrogens with two attached hydrogens (primary N) is 1. The first-order valence-corrected chi connectivity index (χ1v) is 6.11. The molecule has 0 saturated carbocycles. The van der Waals surface area contributed by atoms with Crippen molar-refractivity contribution >= 4 is 0 Å². The largest absolute Gasteiger partial charge is 0.271 e. The zero-order valence-corrected chi connectivity index (χ0v) is 11.2. The molecular weight excluding hydrogens is 265 g/mol. The summed E-state index contributed by atoms with van der Waals surface area (Å²) in [6.45, 7) is 3.49. The van der Waals surface area contributed by atoms with Gasteiger partial charge in [-0.2, -0.15) is 0 Å². The van der Waals surface area contributed by atoms with Gasteiger partial charge in [0, 0.05) is 17.2 Å². The van der Waals surface area contributed by atoms with Gasteiger partial charge < -0.3 is 0 Å². The Morgan fingerprint density at radius 3 is 2.25 bits per heavy atom. The molecule has 0 aliphatic heterocycles. The number of hydrazine groups is 1. The number of halogens is 3. The molecule has 20 heavy (non-hydrogen) atoms. The van der Waals surface area contributed by atoms with Gasteiger partial charge in [-0.05, 0) is 37.1 Å². The second kappa shape index (κ2) is 5.64. The zero-order valence-electron chi connectivity index (χ0n) is 11.2. The first-order chi connectivity index (χ1) is 9.43. The minimum absolute atomic E-state index is 0.0970. The third kappa shape index (κ3) is 2.69. The van der Waals surface area contributed by atoms with E-state index in [-0.39, 0.29) is 11.1 Å². The van der Waals surface area contributed by atoms with Gasteiger partial charge in [0.1, 0.15) is 17.5 Å². The lowest BCUT2D eigenvalue weighted by molar-refractivity contribution is 0.520. The van der Waals surface area contributed by atoms with Crippen LogP contribution in [0.4, 0.5) is 13.2 Å². The van der Waals surface area contributed by atoms with Crippen LogP contribution in [-0.4, -0.2) is 0 Å². The van der Waals surface area contributed by atoms with Crippen LogP contribution in [0.3, 0.4) is 0 Å². The number of hydrogen-bond acceptors (Lipinski definition) is 2. The Morgan fingerprint density at radius 2 is 1.70 bits per heavy atom. The van der Waals surface area contributed by atoms with E-state index in [1.165, 1.54) is 12.1 Å². The lowest BCUT2D eigenvalue weighted by Crippen LogP contribution is -2.31. The van der Waals surface area contributed by atoms with Crippen molar-refractivity contribution in [3.05, 3.63) is 70.0 Å². The van der Waals surface area contributed by atoms with E-state index in [2.05, 4.69) is 5.43 Å². The lowest BCUT2D eigenvalue weighted by atomic mass is 9.93. The van der Waals surface area contributed by atoms with E-state index in [0.717, 1.165) is 17.7 Å². The van der Waals surface area contributed by atoms with Crippen LogP contribution in [0.25, 0.3) is 0 Å². The van der Waals surface area contributed by atoms with Crippen molar-refractivity contribution in [3.63, 3.8) is 0 Å². The SMILES string of the molecule is Cc1cc(C)c(C(NN)c2ccc(F)cc2F)c(F)c1. The van der Waals surface area contributed by atoms with E-state index in [1.54, 1.807) is 19.9 Å². The van der Waals surface area contributed by atoms with Crippen LogP contribution < -0.4 is 11.3 Å². The van der Waals surface area contributed by atoms with Crippen LogP contribution in [0.1, 0.15) is 28.3 Å². The highest BCUT2D eigenvalue weighted by atomic mass is 19.1. The van der Waals surface area contributed by atoms with E-state index in [0.29, 0.717) is 5.56 Å². The Balaban J connectivity index is 2.58. The normalized spacial score (nSPS) is 12.5. The Bertz CT molecular complexity index is 618. The third-order valence-electron chi connectivity index (χ3n) is 3.21. The second-order valence-corrected chi connectivity index (χ2v) is 4.74. The molecule has 2 nitrogen and oxygen atoms in total. The van der Waals surface area contributed by atoms with E-state index in [9.17, 15) is 13.2 Å². The van der Waals surface area contributed by atoms with Crippen LogP contribution >= 0.6 is 0 Å². The zero-order chi connectivity index (χ0) is 14.9. The van der Waals surface area contributed by atoms with Crippen LogP contribution in [0.2, 0.25) is 0 Å². The topological polar surface area (TPSA) is 38.0 Å². The Morgan fingerprint density at radius 1 is 1.00 bits per heavy atom. The van der Waals surface area contributed by atoms with Gasteiger partial charge in [0.05, 0.1) is 6.04 Å². The number of rotatable bonds is 3.